The summed E-state index contributed by atoms with van der Waals surface area (Å²) in [5.41, 5.74) is 3.43. The second-order valence-electron chi connectivity index (χ2n) is 8.26. The summed E-state index contributed by atoms with van der Waals surface area (Å²) < 4.78 is 6.12. The van der Waals surface area contributed by atoms with Crippen LogP contribution in [0.1, 0.15) is 35.5 Å². The van der Waals surface area contributed by atoms with Crippen LogP contribution in [0.5, 0.6) is 5.75 Å². The van der Waals surface area contributed by atoms with Crippen LogP contribution in [0.4, 0.5) is 0 Å². The fourth-order valence-electron chi connectivity index (χ4n) is 4.20. The molecule has 1 saturated heterocycles. The minimum absolute atomic E-state index is 0.00133. The molecule has 2 atom stereocenters. The molecule has 1 aliphatic rings. The van der Waals surface area contributed by atoms with E-state index in [4.69, 9.17) is 4.74 Å². The largest absolute Gasteiger partial charge is 0.480 e. The van der Waals surface area contributed by atoms with Crippen LogP contribution in [0.15, 0.2) is 42.5 Å². The molecule has 0 spiro atoms. The van der Waals surface area contributed by atoms with Gasteiger partial charge in [0.15, 0.2) is 6.10 Å². The highest BCUT2D eigenvalue weighted by Crippen LogP contribution is 2.30. The van der Waals surface area contributed by atoms with E-state index in [1.165, 1.54) is 0 Å². The van der Waals surface area contributed by atoms with E-state index in [-0.39, 0.29) is 17.9 Å². The molecule has 1 aliphatic heterocycles. The Labute approximate surface area is 182 Å². The molecule has 3 aromatic rings. The molecule has 0 bridgehead atoms. The lowest BCUT2D eigenvalue weighted by molar-refractivity contribution is -0.142. The zero-order valence-corrected chi connectivity index (χ0v) is 18.4. The molecule has 1 unspecified atom stereocenters. The van der Waals surface area contributed by atoms with Gasteiger partial charge in [-0.25, -0.2) is 0 Å². The first-order chi connectivity index (χ1) is 14.8. The van der Waals surface area contributed by atoms with Crippen molar-refractivity contribution in [3.63, 3.8) is 0 Å². The molecule has 2 heterocycles. The monoisotopic (exact) mass is 420 g/mol. The Balaban J connectivity index is 1.44. The predicted molar refractivity (Wildman–Crippen MR) is 119 cm³/mol. The number of piperazine rings is 1. The number of rotatable bonds is 4. The number of ether oxygens (including phenoxy) is 1. The molecule has 4 rings (SSSR count). The molecule has 1 aromatic heterocycles. The second-order valence-corrected chi connectivity index (χ2v) is 8.26. The number of carbonyl (C=O) groups excluding carboxylic acids is 2. The molecule has 1 fully saturated rings. The number of H-pyrrole nitrogens is 1. The van der Waals surface area contributed by atoms with Crippen molar-refractivity contribution in [3.8, 4) is 5.75 Å². The summed E-state index contributed by atoms with van der Waals surface area (Å²) >= 11 is 0. The van der Waals surface area contributed by atoms with Crippen LogP contribution in [-0.4, -0.2) is 63.6 Å². The first-order valence-electron chi connectivity index (χ1n) is 10.6. The van der Waals surface area contributed by atoms with Crippen LogP contribution in [-0.2, 0) is 4.79 Å². The van der Waals surface area contributed by atoms with Gasteiger partial charge in [-0.1, -0.05) is 18.2 Å². The third-order valence-electron chi connectivity index (χ3n) is 5.81. The summed E-state index contributed by atoms with van der Waals surface area (Å²) in [6.45, 7) is 9.16. The number of nitrogens with one attached hydrogen (secondary N) is 1. The van der Waals surface area contributed by atoms with Crippen molar-refractivity contribution in [3.05, 3.63) is 59.3 Å². The molecule has 2 amide bonds. The number of fused-ring (bicyclic) bond motifs is 1. The van der Waals surface area contributed by atoms with Gasteiger partial charge in [-0.2, -0.15) is 5.10 Å². The van der Waals surface area contributed by atoms with Crippen LogP contribution in [0.25, 0.3) is 10.9 Å². The maximum Gasteiger partial charge on any atom is 0.263 e. The average molecular weight is 421 g/mol. The predicted octanol–water partition coefficient (Wildman–Crippen LogP) is 3.32. The summed E-state index contributed by atoms with van der Waals surface area (Å²) in [5, 5.41) is 8.19. The Morgan fingerprint density at radius 1 is 1.16 bits per heavy atom. The number of nitrogens with zero attached hydrogens (tertiary/aromatic N) is 3. The minimum Gasteiger partial charge on any atom is -0.480 e. The summed E-state index contributed by atoms with van der Waals surface area (Å²) in [4.78, 5) is 29.6. The number of aryl methyl sites for hydroxylation is 2. The fraction of sp³-hybridized carbons (Fsp3) is 0.375. The zero-order chi connectivity index (χ0) is 22.1. The SMILES string of the molecule is Cc1cc(O[C@@H](C)C(=O)N2CCN(C(=O)c3ccccc3)CC2C)c2c(C)[nH]nc2c1. The van der Waals surface area contributed by atoms with Crippen molar-refractivity contribution in [2.24, 2.45) is 0 Å². The summed E-state index contributed by atoms with van der Waals surface area (Å²) in [7, 11) is 0. The van der Waals surface area contributed by atoms with Gasteiger partial charge in [0.05, 0.1) is 10.9 Å². The number of aromatic nitrogens is 2. The highest BCUT2D eigenvalue weighted by molar-refractivity contribution is 5.94. The van der Waals surface area contributed by atoms with Gasteiger partial charge in [0, 0.05) is 36.9 Å². The molecule has 7 nitrogen and oxygen atoms in total. The van der Waals surface area contributed by atoms with Crippen molar-refractivity contribution < 1.29 is 14.3 Å². The maximum absolute atomic E-state index is 13.2. The molecule has 7 heteroatoms. The average Bonchev–Trinajstić information content (AvgIpc) is 3.13. The quantitative estimate of drug-likeness (QED) is 0.702. The second kappa shape index (κ2) is 8.41. The first kappa shape index (κ1) is 20.9. The van der Waals surface area contributed by atoms with Gasteiger partial charge in [0.25, 0.3) is 11.8 Å². The van der Waals surface area contributed by atoms with Crippen LogP contribution in [0, 0.1) is 13.8 Å². The normalized spacial score (nSPS) is 17.6. The number of hydrogen-bond donors (Lipinski definition) is 1. The Morgan fingerprint density at radius 3 is 2.61 bits per heavy atom. The van der Waals surface area contributed by atoms with E-state index in [9.17, 15) is 9.59 Å². The number of hydrogen-bond acceptors (Lipinski definition) is 4. The Bertz CT molecular complexity index is 1110. The highest BCUT2D eigenvalue weighted by Gasteiger charge is 2.33. The van der Waals surface area contributed by atoms with E-state index in [0.29, 0.717) is 30.9 Å². The minimum atomic E-state index is -0.641. The van der Waals surface area contributed by atoms with E-state index < -0.39 is 6.10 Å². The molecule has 0 radical (unpaired) electrons. The van der Waals surface area contributed by atoms with Gasteiger partial charge in [0.1, 0.15) is 5.75 Å². The molecular formula is C24H28N4O3. The van der Waals surface area contributed by atoms with Gasteiger partial charge >= 0.3 is 0 Å². The van der Waals surface area contributed by atoms with E-state index in [2.05, 4.69) is 10.2 Å². The van der Waals surface area contributed by atoms with Crippen LogP contribution < -0.4 is 4.74 Å². The molecule has 2 aromatic carbocycles. The number of amides is 2. The molecular weight excluding hydrogens is 392 g/mol. The number of aromatic amines is 1. The Hall–Kier alpha value is -3.35. The van der Waals surface area contributed by atoms with Crippen LogP contribution in [0.3, 0.4) is 0 Å². The lowest BCUT2D eigenvalue weighted by atomic mass is 10.1. The highest BCUT2D eigenvalue weighted by atomic mass is 16.5. The summed E-state index contributed by atoms with van der Waals surface area (Å²) in [6.07, 6.45) is -0.641. The van der Waals surface area contributed by atoms with Crippen molar-refractivity contribution in [1.82, 2.24) is 20.0 Å². The van der Waals surface area contributed by atoms with Gasteiger partial charge in [-0.3, -0.25) is 14.7 Å². The van der Waals surface area contributed by atoms with E-state index >= 15 is 0 Å². The van der Waals surface area contributed by atoms with Gasteiger partial charge in [-0.15, -0.1) is 0 Å². The standard InChI is InChI=1S/C24H28N4O3/c1-15-12-20-22(17(3)25-26-20)21(13-15)31-18(4)23(29)28-11-10-27(14-16(28)2)24(30)19-8-6-5-7-9-19/h5-9,12-13,16,18H,10-11,14H2,1-4H3,(H,25,26)/t16?,18-/m0/s1. The topological polar surface area (TPSA) is 78.5 Å². The van der Waals surface area contributed by atoms with Crippen molar-refractivity contribution >= 4 is 22.7 Å². The fourth-order valence-corrected chi connectivity index (χ4v) is 4.20. The Kier molecular flexibility index (Phi) is 5.67. The smallest absolute Gasteiger partial charge is 0.263 e. The van der Waals surface area contributed by atoms with Crippen molar-refractivity contribution in [2.45, 2.75) is 39.8 Å². The van der Waals surface area contributed by atoms with Gasteiger partial charge in [-0.05, 0) is 57.5 Å². The maximum atomic E-state index is 13.2. The molecule has 162 valence electrons. The zero-order valence-electron chi connectivity index (χ0n) is 18.4. The van der Waals surface area contributed by atoms with E-state index in [1.54, 1.807) is 6.92 Å². The van der Waals surface area contributed by atoms with Gasteiger partial charge < -0.3 is 14.5 Å². The van der Waals surface area contributed by atoms with Crippen LogP contribution >= 0.6 is 0 Å². The summed E-state index contributed by atoms with van der Waals surface area (Å²) in [6, 6.07) is 13.1. The van der Waals surface area contributed by atoms with Crippen molar-refractivity contribution in [1.29, 1.82) is 0 Å². The summed E-state index contributed by atoms with van der Waals surface area (Å²) in [5.74, 6) is 0.587. The number of carbonyl (C=O) groups is 2. The van der Waals surface area contributed by atoms with Crippen molar-refractivity contribution in [2.75, 3.05) is 19.6 Å². The third kappa shape index (κ3) is 4.13. The molecule has 0 saturated carbocycles. The van der Waals surface area contributed by atoms with Gasteiger partial charge in [0.2, 0.25) is 0 Å². The lowest BCUT2D eigenvalue weighted by Crippen LogP contribution is -2.57. The third-order valence-corrected chi connectivity index (χ3v) is 5.81. The number of benzene rings is 2. The van der Waals surface area contributed by atoms with Crippen LogP contribution in [0.2, 0.25) is 0 Å². The Morgan fingerprint density at radius 2 is 1.90 bits per heavy atom. The molecule has 1 N–H and O–H groups in total. The first-order valence-corrected chi connectivity index (χ1v) is 10.6. The molecule has 0 aliphatic carbocycles. The molecule has 31 heavy (non-hydrogen) atoms. The van der Waals surface area contributed by atoms with E-state index in [0.717, 1.165) is 22.2 Å². The van der Waals surface area contributed by atoms with E-state index in [1.807, 2.05) is 73.0 Å². The lowest BCUT2D eigenvalue weighted by Gasteiger charge is -2.40.